The maximum Gasteiger partial charge on any atom is 0.262 e. The summed E-state index contributed by atoms with van der Waals surface area (Å²) in [6.45, 7) is 3.30. The van der Waals surface area contributed by atoms with Crippen LogP contribution in [0, 0.1) is 0 Å². The van der Waals surface area contributed by atoms with Crippen LogP contribution in [-0.4, -0.2) is 37.4 Å². The maximum atomic E-state index is 12.9. The van der Waals surface area contributed by atoms with Gasteiger partial charge in [0.1, 0.15) is 0 Å². The van der Waals surface area contributed by atoms with E-state index in [4.69, 9.17) is 0 Å². The fourth-order valence-electron chi connectivity index (χ4n) is 4.05. The van der Waals surface area contributed by atoms with Crippen LogP contribution in [0.3, 0.4) is 0 Å². The van der Waals surface area contributed by atoms with Crippen LogP contribution >= 0.6 is 11.8 Å². The van der Waals surface area contributed by atoms with E-state index < -0.39 is 0 Å². The van der Waals surface area contributed by atoms with Crippen LogP contribution in [0.4, 0.5) is 5.69 Å². The van der Waals surface area contributed by atoms with E-state index in [1.807, 2.05) is 58.7 Å². The summed E-state index contributed by atoms with van der Waals surface area (Å²) in [5, 5.41) is 9.85. The third kappa shape index (κ3) is 2.99. The number of carbonyl (C=O) groups is 1. The van der Waals surface area contributed by atoms with Crippen molar-refractivity contribution in [3.63, 3.8) is 0 Å². The number of thioether (sulfide) groups is 1. The highest BCUT2D eigenvalue weighted by molar-refractivity contribution is 7.99. The molecular formula is C22H21N5O2S. The summed E-state index contributed by atoms with van der Waals surface area (Å²) < 4.78 is 3.56. The Morgan fingerprint density at radius 3 is 2.77 bits per heavy atom. The Labute approximate surface area is 177 Å². The van der Waals surface area contributed by atoms with E-state index in [1.54, 1.807) is 4.57 Å². The van der Waals surface area contributed by atoms with Crippen molar-refractivity contribution in [3.05, 3.63) is 64.4 Å². The van der Waals surface area contributed by atoms with Crippen LogP contribution < -0.4 is 10.5 Å². The maximum absolute atomic E-state index is 12.9. The monoisotopic (exact) mass is 419 g/mol. The molecule has 0 aliphatic carbocycles. The van der Waals surface area contributed by atoms with Crippen molar-refractivity contribution in [2.75, 3.05) is 17.2 Å². The van der Waals surface area contributed by atoms with Crippen LogP contribution in [0.15, 0.2) is 58.5 Å². The largest absolute Gasteiger partial charge is 0.311 e. The summed E-state index contributed by atoms with van der Waals surface area (Å²) in [4.78, 5) is 27.7. The van der Waals surface area contributed by atoms with Crippen molar-refractivity contribution in [1.82, 2.24) is 19.2 Å². The number of hydrogen-bond acceptors (Lipinski definition) is 5. The van der Waals surface area contributed by atoms with Gasteiger partial charge in [-0.25, -0.2) is 0 Å². The molecule has 152 valence electrons. The molecule has 0 radical (unpaired) electrons. The number of amides is 1. The fourth-order valence-corrected chi connectivity index (χ4v) is 4.87. The zero-order valence-electron chi connectivity index (χ0n) is 16.6. The van der Waals surface area contributed by atoms with E-state index in [-0.39, 0.29) is 17.2 Å². The molecule has 1 aliphatic rings. The molecule has 0 unspecified atom stereocenters. The minimum absolute atomic E-state index is 0.0490. The first-order valence-corrected chi connectivity index (χ1v) is 11.1. The lowest BCUT2D eigenvalue weighted by Crippen LogP contribution is -2.30. The topological polar surface area (TPSA) is 72.5 Å². The van der Waals surface area contributed by atoms with Crippen molar-refractivity contribution in [2.45, 2.75) is 31.5 Å². The van der Waals surface area contributed by atoms with Gasteiger partial charge >= 0.3 is 0 Å². The summed E-state index contributed by atoms with van der Waals surface area (Å²) in [6.07, 6.45) is 1.70. The number of fused-ring (bicyclic) bond motifs is 4. The molecule has 0 atom stereocenters. The molecule has 7 nitrogen and oxygen atoms in total. The summed E-state index contributed by atoms with van der Waals surface area (Å²) in [6, 6.07) is 15.5. The highest BCUT2D eigenvalue weighted by Crippen LogP contribution is 2.29. The third-order valence-electron chi connectivity index (χ3n) is 5.44. The highest BCUT2D eigenvalue weighted by atomic mass is 32.2. The van der Waals surface area contributed by atoms with E-state index in [0.29, 0.717) is 29.4 Å². The molecule has 0 spiro atoms. The zero-order valence-corrected chi connectivity index (χ0v) is 17.4. The van der Waals surface area contributed by atoms with E-state index in [1.165, 1.54) is 17.3 Å². The van der Waals surface area contributed by atoms with Gasteiger partial charge in [0, 0.05) is 18.8 Å². The first-order valence-electron chi connectivity index (χ1n) is 10.1. The molecule has 0 saturated carbocycles. The van der Waals surface area contributed by atoms with Gasteiger partial charge in [-0.3, -0.25) is 18.6 Å². The normalized spacial score (nSPS) is 13.3. The summed E-state index contributed by atoms with van der Waals surface area (Å²) in [5.41, 5.74) is 2.90. The number of rotatable bonds is 5. The third-order valence-corrected chi connectivity index (χ3v) is 6.35. The molecule has 0 fully saturated rings. The van der Waals surface area contributed by atoms with Crippen LogP contribution in [-0.2, 0) is 17.8 Å². The van der Waals surface area contributed by atoms with Gasteiger partial charge in [0.15, 0.2) is 5.16 Å². The Morgan fingerprint density at radius 2 is 1.90 bits per heavy atom. The fraction of sp³-hybridized carbons (Fsp3) is 0.273. The van der Waals surface area contributed by atoms with Crippen molar-refractivity contribution < 1.29 is 4.79 Å². The number of hydrogen-bond donors (Lipinski definition) is 0. The van der Waals surface area contributed by atoms with E-state index in [2.05, 4.69) is 16.3 Å². The average molecular weight is 420 g/mol. The molecule has 0 bridgehead atoms. The van der Waals surface area contributed by atoms with Gasteiger partial charge in [-0.15, -0.1) is 10.2 Å². The number of carbonyl (C=O) groups excluding carboxylic acids is 1. The lowest BCUT2D eigenvalue weighted by molar-refractivity contribution is -0.116. The Kier molecular flexibility index (Phi) is 4.78. The molecule has 0 saturated heterocycles. The first-order chi connectivity index (χ1) is 14.7. The number of benzene rings is 2. The Balaban J connectivity index is 1.50. The molecule has 8 heteroatoms. The van der Waals surface area contributed by atoms with Gasteiger partial charge < -0.3 is 4.90 Å². The van der Waals surface area contributed by atoms with Crippen molar-refractivity contribution in [1.29, 1.82) is 0 Å². The number of nitrogens with zero attached hydrogens (tertiary/aromatic N) is 5. The summed E-state index contributed by atoms with van der Waals surface area (Å²) in [7, 11) is 0. The number of aryl methyl sites for hydroxylation is 1. The predicted octanol–water partition coefficient (Wildman–Crippen LogP) is 3.14. The molecule has 2 aromatic carbocycles. The van der Waals surface area contributed by atoms with Crippen LogP contribution in [0.1, 0.15) is 18.9 Å². The molecule has 2 aromatic heterocycles. The minimum Gasteiger partial charge on any atom is -0.311 e. The average Bonchev–Trinajstić information content (AvgIpc) is 3.39. The second kappa shape index (κ2) is 7.60. The Morgan fingerprint density at radius 1 is 1.10 bits per heavy atom. The van der Waals surface area contributed by atoms with Crippen molar-refractivity contribution in [3.8, 4) is 0 Å². The standard InChI is InChI=1S/C22H21N5O2S/c1-2-12-26-20(29)16-8-4-6-10-18(16)27-21(26)23-24-22(27)30-14-19(28)25-13-11-15-7-3-5-9-17(15)25/h3-10H,2,11-14H2,1H3. The number of aromatic nitrogens is 4. The molecule has 4 aromatic rings. The lowest BCUT2D eigenvalue weighted by atomic mass is 10.2. The van der Waals surface area contributed by atoms with Crippen LogP contribution in [0.5, 0.6) is 0 Å². The van der Waals surface area contributed by atoms with Gasteiger partial charge in [-0.1, -0.05) is 49.0 Å². The number of para-hydroxylation sites is 2. The van der Waals surface area contributed by atoms with Gasteiger partial charge in [-0.2, -0.15) is 0 Å². The van der Waals surface area contributed by atoms with Crippen LogP contribution in [0.2, 0.25) is 0 Å². The molecule has 1 aliphatic heterocycles. The first kappa shape index (κ1) is 18.9. The van der Waals surface area contributed by atoms with Gasteiger partial charge in [0.25, 0.3) is 5.56 Å². The second-order valence-corrected chi connectivity index (χ2v) is 8.25. The predicted molar refractivity (Wildman–Crippen MR) is 118 cm³/mol. The molecule has 0 N–H and O–H groups in total. The molecule has 30 heavy (non-hydrogen) atoms. The molecular weight excluding hydrogens is 398 g/mol. The lowest BCUT2D eigenvalue weighted by Gasteiger charge is -2.16. The van der Waals surface area contributed by atoms with E-state index in [9.17, 15) is 9.59 Å². The SMILES string of the molecule is CCCn1c(=O)c2ccccc2n2c(SCC(=O)N3CCc4ccccc43)nnc12. The van der Waals surface area contributed by atoms with E-state index >= 15 is 0 Å². The van der Waals surface area contributed by atoms with Crippen molar-refractivity contribution >= 4 is 40.0 Å². The Bertz CT molecular complexity index is 1330. The molecule has 5 rings (SSSR count). The van der Waals surface area contributed by atoms with Gasteiger partial charge in [0.05, 0.1) is 16.7 Å². The van der Waals surface area contributed by atoms with Crippen molar-refractivity contribution in [2.24, 2.45) is 0 Å². The minimum atomic E-state index is -0.0614. The highest BCUT2D eigenvalue weighted by Gasteiger charge is 2.25. The van der Waals surface area contributed by atoms with Gasteiger partial charge in [-0.05, 0) is 36.6 Å². The quantitative estimate of drug-likeness (QED) is 0.465. The Hall–Kier alpha value is -3.13. The van der Waals surface area contributed by atoms with E-state index in [0.717, 1.165) is 24.0 Å². The molecule has 3 heterocycles. The summed E-state index contributed by atoms with van der Waals surface area (Å²) in [5.74, 6) is 0.825. The molecule has 1 amide bonds. The zero-order chi connectivity index (χ0) is 20.7. The van der Waals surface area contributed by atoms with Crippen LogP contribution in [0.25, 0.3) is 16.7 Å². The van der Waals surface area contributed by atoms with Gasteiger partial charge in [0.2, 0.25) is 11.7 Å². The summed E-state index contributed by atoms with van der Waals surface area (Å²) >= 11 is 1.36. The number of anilines is 1. The smallest absolute Gasteiger partial charge is 0.262 e. The second-order valence-electron chi connectivity index (χ2n) is 7.30.